The molecule has 0 heterocycles. The van der Waals surface area contributed by atoms with Gasteiger partial charge in [-0.1, -0.05) is 61.2 Å². The Morgan fingerprint density at radius 1 is 0.667 bits per heavy atom. The van der Waals surface area contributed by atoms with Crippen LogP contribution in [0.25, 0.3) is 43.1 Å². The maximum atomic E-state index is 13.3. The third-order valence-electron chi connectivity index (χ3n) is 6.76. The molecule has 0 N–H and O–H groups in total. The van der Waals surface area contributed by atoms with Crippen molar-refractivity contribution in [2.75, 3.05) is 0 Å². The van der Waals surface area contributed by atoms with E-state index in [1.165, 1.54) is 10.8 Å². The van der Waals surface area contributed by atoms with E-state index in [9.17, 15) is 8.42 Å². The van der Waals surface area contributed by atoms with Gasteiger partial charge >= 0.3 is 0 Å². The maximum Gasteiger partial charge on any atom is 0.299 e. The number of benzene rings is 5. The van der Waals surface area contributed by atoms with Gasteiger partial charge in [0.2, 0.25) is 0 Å². The molecule has 6 rings (SSSR count). The third kappa shape index (κ3) is 3.76. The second-order valence-electron chi connectivity index (χ2n) is 9.01. The van der Waals surface area contributed by atoms with E-state index in [0.29, 0.717) is 5.39 Å². The molecule has 0 spiro atoms. The van der Waals surface area contributed by atoms with E-state index < -0.39 is 10.1 Å². The fourth-order valence-electron chi connectivity index (χ4n) is 5.11. The smallest absolute Gasteiger partial charge is 0.263 e. The van der Waals surface area contributed by atoms with Crippen LogP contribution < -0.4 is 0 Å². The molecule has 166 valence electrons. The van der Waals surface area contributed by atoms with Crippen molar-refractivity contribution in [2.24, 2.45) is 0 Å². The molecule has 5 aromatic rings. The van der Waals surface area contributed by atoms with E-state index in [-0.39, 0.29) is 16.0 Å². The molecule has 0 radical (unpaired) electrons. The molecule has 1 aliphatic rings. The highest BCUT2D eigenvalue weighted by Crippen LogP contribution is 2.37. The molecule has 1 aliphatic carbocycles. The molecule has 1 fully saturated rings. The summed E-state index contributed by atoms with van der Waals surface area (Å²) in [7, 11) is -3.99. The Balaban J connectivity index is 1.55. The highest BCUT2D eigenvalue weighted by molar-refractivity contribution is 7.87. The Labute approximate surface area is 198 Å². The zero-order chi connectivity index (χ0) is 22.6. The van der Waals surface area contributed by atoms with Crippen LogP contribution in [-0.4, -0.2) is 14.5 Å². The van der Waals surface area contributed by atoms with Gasteiger partial charge in [0.05, 0.1) is 11.1 Å². The molecule has 0 amide bonds. The van der Waals surface area contributed by atoms with Crippen LogP contribution in [0.15, 0.2) is 77.7 Å². The van der Waals surface area contributed by atoms with Crippen molar-refractivity contribution >= 4 is 64.8 Å². The van der Waals surface area contributed by atoms with Crippen molar-refractivity contribution in [3.63, 3.8) is 0 Å². The lowest BCUT2D eigenvalue weighted by molar-refractivity contribution is 0.162. The number of rotatable bonds is 3. The lowest BCUT2D eigenvalue weighted by Crippen LogP contribution is -2.21. The van der Waals surface area contributed by atoms with Crippen LogP contribution in [-0.2, 0) is 14.3 Å². The van der Waals surface area contributed by atoms with E-state index in [2.05, 4.69) is 36.4 Å². The Morgan fingerprint density at radius 3 is 1.85 bits per heavy atom. The summed E-state index contributed by atoms with van der Waals surface area (Å²) < 4.78 is 32.3. The molecule has 0 bridgehead atoms. The second kappa shape index (κ2) is 7.98. The summed E-state index contributed by atoms with van der Waals surface area (Å²) in [4.78, 5) is 0.0766. The van der Waals surface area contributed by atoms with Crippen LogP contribution in [0.1, 0.15) is 32.1 Å². The highest BCUT2D eigenvalue weighted by Gasteiger charge is 2.27. The van der Waals surface area contributed by atoms with Gasteiger partial charge in [-0.05, 0) is 93.0 Å². The summed E-state index contributed by atoms with van der Waals surface area (Å²) in [6.45, 7) is 0. The average molecular weight is 475 g/mol. The first-order chi connectivity index (χ1) is 16.0. The van der Waals surface area contributed by atoms with E-state index in [1.807, 2.05) is 30.3 Å². The van der Waals surface area contributed by atoms with Crippen LogP contribution in [0.5, 0.6) is 0 Å². The molecule has 33 heavy (non-hydrogen) atoms. The van der Waals surface area contributed by atoms with Gasteiger partial charge in [-0.25, -0.2) is 0 Å². The molecule has 0 saturated heterocycles. The summed E-state index contributed by atoms with van der Waals surface area (Å²) in [5, 5.41) is 8.31. The van der Waals surface area contributed by atoms with Crippen molar-refractivity contribution in [3.8, 4) is 0 Å². The molecular weight excluding hydrogens is 452 g/mol. The Bertz CT molecular complexity index is 1650. The molecular formula is C28H23ClO3S. The SMILES string of the molecule is O=S(=O)(OC1CCCCC1)c1c(Cl)ccc2cc3cc4cc5ccccc5cc4cc3cc12. The number of halogens is 1. The van der Waals surface area contributed by atoms with Crippen molar-refractivity contribution in [2.45, 2.75) is 43.1 Å². The summed E-state index contributed by atoms with van der Waals surface area (Å²) in [5.41, 5.74) is 0. The van der Waals surface area contributed by atoms with Crippen molar-refractivity contribution in [1.29, 1.82) is 0 Å². The zero-order valence-electron chi connectivity index (χ0n) is 18.1. The van der Waals surface area contributed by atoms with Gasteiger partial charge < -0.3 is 0 Å². The first kappa shape index (κ1) is 20.9. The van der Waals surface area contributed by atoms with Gasteiger partial charge in [-0.2, -0.15) is 8.42 Å². The standard InChI is InChI=1S/C28H23ClO3S/c29-27-11-10-20-14-23-15-21-12-18-6-4-5-7-19(18)13-22(21)16-24(23)17-26(20)28(27)33(30,31)32-25-8-2-1-3-9-25/h4-7,10-17,25H,1-3,8-9H2. The van der Waals surface area contributed by atoms with E-state index in [1.54, 1.807) is 6.07 Å². The normalized spacial score (nSPS) is 15.7. The summed E-state index contributed by atoms with van der Waals surface area (Å²) in [5.74, 6) is 0. The molecule has 0 atom stereocenters. The van der Waals surface area contributed by atoms with Gasteiger partial charge in [0.15, 0.2) is 0 Å². The number of hydrogen-bond acceptors (Lipinski definition) is 3. The minimum atomic E-state index is -3.99. The third-order valence-corrected chi connectivity index (χ3v) is 8.66. The molecule has 5 heteroatoms. The Hall–Kier alpha value is -2.66. The predicted octanol–water partition coefficient (Wildman–Crippen LogP) is 7.99. The van der Waals surface area contributed by atoms with Crippen molar-refractivity contribution in [3.05, 3.63) is 77.8 Å². The molecule has 1 saturated carbocycles. The van der Waals surface area contributed by atoms with Crippen molar-refractivity contribution in [1.82, 2.24) is 0 Å². The van der Waals surface area contributed by atoms with Crippen LogP contribution >= 0.6 is 11.6 Å². The summed E-state index contributed by atoms with van der Waals surface area (Å²) in [6, 6.07) is 24.5. The molecule has 0 aromatic heterocycles. The van der Waals surface area contributed by atoms with Gasteiger partial charge in [-0.3, -0.25) is 4.18 Å². The topological polar surface area (TPSA) is 43.4 Å². The van der Waals surface area contributed by atoms with Crippen LogP contribution in [0.4, 0.5) is 0 Å². The first-order valence-electron chi connectivity index (χ1n) is 11.4. The monoisotopic (exact) mass is 474 g/mol. The van der Waals surface area contributed by atoms with Crippen LogP contribution in [0, 0.1) is 0 Å². The Kier molecular flexibility index (Phi) is 5.06. The summed E-state index contributed by atoms with van der Waals surface area (Å²) in [6.07, 6.45) is 4.39. The molecule has 0 aliphatic heterocycles. The quantitative estimate of drug-likeness (QED) is 0.196. The Morgan fingerprint density at radius 2 is 1.21 bits per heavy atom. The van der Waals surface area contributed by atoms with Gasteiger partial charge in [0.25, 0.3) is 10.1 Å². The van der Waals surface area contributed by atoms with Gasteiger partial charge in [-0.15, -0.1) is 0 Å². The van der Waals surface area contributed by atoms with Gasteiger partial charge in [0.1, 0.15) is 4.90 Å². The van der Waals surface area contributed by atoms with E-state index >= 15 is 0 Å². The van der Waals surface area contributed by atoms with E-state index in [0.717, 1.165) is 59.0 Å². The zero-order valence-corrected chi connectivity index (χ0v) is 19.6. The average Bonchev–Trinajstić information content (AvgIpc) is 2.80. The maximum absolute atomic E-state index is 13.3. The molecule has 0 unspecified atom stereocenters. The predicted molar refractivity (Wildman–Crippen MR) is 137 cm³/mol. The number of hydrogen-bond donors (Lipinski definition) is 0. The largest absolute Gasteiger partial charge is 0.299 e. The minimum absolute atomic E-state index is 0.0766. The lowest BCUT2D eigenvalue weighted by atomic mass is 9.97. The highest BCUT2D eigenvalue weighted by atomic mass is 35.5. The molecule has 5 aromatic carbocycles. The fraction of sp³-hybridized carbons (Fsp3) is 0.214. The second-order valence-corrected chi connectivity index (χ2v) is 10.9. The summed E-state index contributed by atoms with van der Waals surface area (Å²) >= 11 is 6.46. The molecule has 3 nitrogen and oxygen atoms in total. The first-order valence-corrected chi connectivity index (χ1v) is 13.2. The minimum Gasteiger partial charge on any atom is -0.263 e. The lowest BCUT2D eigenvalue weighted by Gasteiger charge is -2.22. The van der Waals surface area contributed by atoms with Crippen LogP contribution in [0.3, 0.4) is 0 Å². The van der Waals surface area contributed by atoms with Crippen LogP contribution in [0.2, 0.25) is 5.02 Å². The van der Waals surface area contributed by atoms with Crippen molar-refractivity contribution < 1.29 is 12.6 Å². The van der Waals surface area contributed by atoms with Gasteiger partial charge in [0, 0.05) is 5.39 Å². The number of fused-ring (bicyclic) bond motifs is 4. The van der Waals surface area contributed by atoms with E-state index in [4.69, 9.17) is 15.8 Å². The fourth-order valence-corrected chi connectivity index (χ4v) is 6.95.